The number of anilines is 1. The van der Waals surface area contributed by atoms with Gasteiger partial charge in [-0.2, -0.15) is 13.2 Å². The highest BCUT2D eigenvalue weighted by atomic mass is 79.9. The van der Waals surface area contributed by atoms with E-state index in [9.17, 15) is 22.8 Å². The summed E-state index contributed by atoms with van der Waals surface area (Å²) in [6.07, 6.45) is -4.62. The second-order valence-electron chi connectivity index (χ2n) is 4.41. The zero-order valence-corrected chi connectivity index (χ0v) is 11.5. The normalized spacial score (nSPS) is 19.5. The van der Waals surface area contributed by atoms with Crippen LogP contribution in [-0.4, -0.2) is 23.5 Å². The van der Waals surface area contributed by atoms with Gasteiger partial charge in [-0.1, -0.05) is 0 Å². The number of hydrogen-bond acceptors (Lipinski definition) is 2. The van der Waals surface area contributed by atoms with Crippen molar-refractivity contribution in [2.75, 3.05) is 11.4 Å². The Bertz CT molecular complexity index is 574. The number of carbonyl (C=O) groups excluding carboxylic acids is 1. The summed E-state index contributed by atoms with van der Waals surface area (Å²) >= 11 is 2.99. The van der Waals surface area contributed by atoms with Crippen molar-refractivity contribution in [3.8, 4) is 0 Å². The van der Waals surface area contributed by atoms with E-state index in [2.05, 4.69) is 15.9 Å². The minimum atomic E-state index is -4.47. The van der Waals surface area contributed by atoms with Crippen LogP contribution in [0.15, 0.2) is 22.7 Å². The Balaban J connectivity index is 2.31. The van der Waals surface area contributed by atoms with E-state index in [1.807, 2.05) is 0 Å². The summed E-state index contributed by atoms with van der Waals surface area (Å²) in [6, 6.07) is 2.90. The van der Waals surface area contributed by atoms with Gasteiger partial charge in [-0.3, -0.25) is 9.59 Å². The lowest BCUT2D eigenvalue weighted by atomic mass is 10.1. The average Bonchev–Trinajstić information content (AvgIpc) is 2.70. The Labute approximate surface area is 120 Å². The molecule has 1 heterocycles. The van der Waals surface area contributed by atoms with E-state index in [-0.39, 0.29) is 23.1 Å². The zero-order valence-electron chi connectivity index (χ0n) is 9.95. The SMILES string of the molecule is O=C(O)C1CC(=O)N(c2ccc(C(F)(F)F)cc2Br)C1. The topological polar surface area (TPSA) is 57.6 Å². The van der Waals surface area contributed by atoms with Crippen LogP contribution in [0.5, 0.6) is 0 Å². The number of carboxylic acids is 1. The lowest BCUT2D eigenvalue weighted by Crippen LogP contribution is -2.26. The molecule has 0 aliphatic carbocycles. The highest BCUT2D eigenvalue weighted by Crippen LogP contribution is 2.37. The Morgan fingerprint density at radius 2 is 2.05 bits per heavy atom. The summed E-state index contributed by atoms with van der Waals surface area (Å²) in [5.41, 5.74) is -0.596. The van der Waals surface area contributed by atoms with E-state index in [1.165, 1.54) is 4.90 Å². The largest absolute Gasteiger partial charge is 0.481 e. The Morgan fingerprint density at radius 3 is 2.50 bits per heavy atom. The molecule has 0 aromatic heterocycles. The number of hydrogen-bond donors (Lipinski definition) is 1. The van der Waals surface area contributed by atoms with Crippen molar-refractivity contribution in [2.45, 2.75) is 12.6 Å². The number of benzene rings is 1. The first kappa shape index (κ1) is 14.8. The lowest BCUT2D eigenvalue weighted by molar-refractivity contribution is -0.141. The fourth-order valence-electron chi connectivity index (χ4n) is 2.01. The molecular formula is C12H9BrF3NO3. The van der Waals surface area contributed by atoms with Crippen LogP contribution in [0.2, 0.25) is 0 Å². The van der Waals surface area contributed by atoms with E-state index in [1.54, 1.807) is 0 Å². The molecule has 4 nitrogen and oxygen atoms in total. The maximum absolute atomic E-state index is 12.5. The summed E-state index contributed by atoms with van der Waals surface area (Å²) < 4.78 is 37.7. The number of amides is 1. The fraction of sp³-hybridized carbons (Fsp3) is 0.333. The van der Waals surface area contributed by atoms with Gasteiger partial charge in [0.25, 0.3) is 0 Å². The molecule has 0 saturated carbocycles. The minimum absolute atomic E-state index is 0.0435. The van der Waals surface area contributed by atoms with Gasteiger partial charge in [-0.05, 0) is 34.1 Å². The number of nitrogens with zero attached hydrogens (tertiary/aromatic N) is 1. The van der Waals surface area contributed by atoms with E-state index in [4.69, 9.17) is 5.11 Å². The van der Waals surface area contributed by atoms with E-state index < -0.39 is 29.5 Å². The summed E-state index contributed by atoms with van der Waals surface area (Å²) in [5.74, 6) is -2.35. The Hall–Kier alpha value is -1.57. The van der Waals surface area contributed by atoms with Crippen LogP contribution in [0.25, 0.3) is 0 Å². The molecular weight excluding hydrogens is 343 g/mol. The fourth-order valence-corrected chi connectivity index (χ4v) is 2.60. The molecule has 1 aromatic carbocycles. The van der Waals surface area contributed by atoms with Gasteiger partial charge in [0.1, 0.15) is 0 Å². The van der Waals surface area contributed by atoms with Gasteiger partial charge < -0.3 is 10.0 Å². The van der Waals surface area contributed by atoms with Gasteiger partial charge >= 0.3 is 12.1 Å². The van der Waals surface area contributed by atoms with Crippen LogP contribution < -0.4 is 4.90 Å². The van der Waals surface area contributed by atoms with Crippen LogP contribution in [0, 0.1) is 5.92 Å². The highest BCUT2D eigenvalue weighted by molar-refractivity contribution is 9.10. The van der Waals surface area contributed by atoms with Crippen LogP contribution >= 0.6 is 15.9 Å². The quantitative estimate of drug-likeness (QED) is 0.891. The maximum Gasteiger partial charge on any atom is 0.416 e. The number of aliphatic carboxylic acids is 1. The number of halogens is 4. The number of alkyl halides is 3. The van der Waals surface area contributed by atoms with Gasteiger partial charge in [-0.15, -0.1) is 0 Å². The van der Waals surface area contributed by atoms with Crippen molar-refractivity contribution in [3.63, 3.8) is 0 Å². The van der Waals surface area contributed by atoms with Crippen LogP contribution in [0.4, 0.5) is 18.9 Å². The Morgan fingerprint density at radius 1 is 1.40 bits per heavy atom. The smallest absolute Gasteiger partial charge is 0.416 e. The third kappa shape index (κ3) is 2.79. The van der Waals surface area contributed by atoms with Crippen LogP contribution in [0.1, 0.15) is 12.0 Å². The van der Waals surface area contributed by atoms with Gasteiger partial charge in [0.15, 0.2) is 0 Å². The van der Waals surface area contributed by atoms with Crippen molar-refractivity contribution in [1.29, 1.82) is 0 Å². The van der Waals surface area contributed by atoms with Crippen LogP contribution in [-0.2, 0) is 15.8 Å². The third-order valence-electron chi connectivity index (χ3n) is 3.04. The molecule has 1 atom stereocenters. The summed E-state index contributed by atoms with van der Waals surface area (Å²) in [7, 11) is 0. The first-order valence-electron chi connectivity index (χ1n) is 5.60. The molecule has 1 unspecified atom stereocenters. The second-order valence-corrected chi connectivity index (χ2v) is 5.26. The number of carbonyl (C=O) groups is 2. The molecule has 1 amide bonds. The van der Waals surface area contributed by atoms with Crippen molar-refractivity contribution >= 4 is 33.5 Å². The molecule has 2 rings (SSSR count). The predicted molar refractivity (Wildman–Crippen MR) is 67.2 cm³/mol. The van der Waals surface area contributed by atoms with E-state index in [0.717, 1.165) is 18.2 Å². The minimum Gasteiger partial charge on any atom is -0.481 e. The molecule has 1 aromatic rings. The van der Waals surface area contributed by atoms with Gasteiger partial charge in [-0.25, -0.2) is 0 Å². The van der Waals surface area contributed by atoms with Gasteiger partial charge in [0, 0.05) is 17.4 Å². The average molecular weight is 352 g/mol. The highest BCUT2D eigenvalue weighted by Gasteiger charge is 2.37. The Kier molecular flexibility index (Phi) is 3.77. The second kappa shape index (κ2) is 5.08. The third-order valence-corrected chi connectivity index (χ3v) is 3.68. The summed E-state index contributed by atoms with van der Waals surface area (Å²) in [4.78, 5) is 23.8. The molecule has 8 heteroatoms. The zero-order chi connectivity index (χ0) is 15.1. The molecule has 1 aliphatic heterocycles. The molecule has 1 fully saturated rings. The molecule has 1 aliphatic rings. The summed E-state index contributed by atoms with van der Waals surface area (Å²) in [5, 5.41) is 8.88. The van der Waals surface area contributed by atoms with Gasteiger partial charge in [0.2, 0.25) is 5.91 Å². The van der Waals surface area contributed by atoms with Crippen molar-refractivity contribution < 1.29 is 27.9 Å². The van der Waals surface area contributed by atoms with E-state index >= 15 is 0 Å². The molecule has 0 bridgehead atoms. The standard InChI is InChI=1S/C12H9BrF3NO3/c13-8-4-7(12(14,15)16)1-2-9(8)17-5-6(11(19)20)3-10(17)18/h1-2,4,6H,3,5H2,(H,19,20). The molecule has 0 radical (unpaired) electrons. The molecule has 1 N–H and O–H groups in total. The van der Waals surface area contributed by atoms with Crippen molar-refractivity contribution in [3.05, 3.63) is 28.2 Å². The lowest BCUT2D eigenvalue weighted by Gasteiger charge is -2.19. The van der Waals surface area contributed by atoms with Crippen molar-refractivity contribution in [2.24, 2.45) is 5.92 Å². The monoisotopic (exact) mass is 351 g/mol. The van der Waals surface area contributed by atoms with Crippen molar-refractivity contribution in [1.82, 2.24) is 0 Å². The molecule has 20 heavy (non-hydrogen) atoms. The van der Waals surface area contributed by atoms with Crippen LogP contribution in [0.3, 0.4) is 0 Å². The molecule has 108 valence electrons. The number of rotatable bonds is 2. The first-order valence-corrected chi connectivity index (χ1v) is 6.39. The maximum atomic E-state index is 12.5. The molecule has 1 saturated heterocycles. The molecule has 0 spiro atoms. The van der Waals surface area contributed by atoms with Gasteiger partial charge in [0.05, 0.1) is 17.2 Å². The number of carboxylic acid groups (broad SMARTS) is 1. The van der Waals surface area contributed by atoms with E-state index in [0.29, 0.717) is 0 Å². The first-order chi connectivity index (χ1) is 9.20. The predicted octanol–water partition coefficient (Wildman–Crippen LogP) is 2.91. The summed E-state index contributed by atoms with van der Waals surface area (Å²) in [6.45, 7) is -0.0435.